The smallest absolute Gasteiger partial charge is 0.268 e. The summed E-state index contributed by atoms with van der Waals surface area (Å²) in [5, 5.41) is 8.49. The van der Waals surface area contributed by atoms with Crippen molar-refractivity contribution in [3.8, 4) is 23.0 Å². The van der Waals surface area contributed by atoms with Gasteiger partial charge in [0.1, 0.15) is 17.3 Å². The van der Waals surface area contributed by atoms with Crippen LogP contribution in [0.15, 0.2) is 35.0 Å². The maximum atomic E-state index is 14.1. The van der Waals surface area contributed by atoms with Crippen LogP contribution in [-0.4, -0.2) is 25.5 Å². The number of hydrogen-bond acceptors (Lipinski definition) is 6. The van der Waals surface area contributed by atoms with Crippen molar-refractivity contribution >= 4 is 21.7 Å². The Hall–Kier alpha value is -2.35. The molecule has 0 unspecified atom stereocenters. The number of halogens is 2. The third-order valence-corrected chi connectivity index (χ3v) is 3.36. The quantitative estimate of drug-likeness (QED) is 0.716. The van der Waals surface area contributed by atoms with Crippen molar-refractivity contribution in [1.82, 2.24) is 20.2 Å². The Labute approximate surface area is 133 Å². The van der Waals surface area contributed by atoms with Crippen LogP contribution in [0.2, 0.25) is 0 Å². The molecule has 0 atom stereocenters. The Morgan fingerprint density at radius 2 is 1.95 bits per heavy atom. The van der Waals surface area contributed by atoms with Crippen LogP contribution in [0.3, 0.4) is 0 Å². The average molecular weight is 364 g/mol. The van der Waals surface area contributed by atoms with Crippen molar-refractivity contribution in [2.75, 3.05) is 11.1 Å². The molecule has 0 aliphatic rings. The molecule has 112 valence electrons. The predicted molar refractivity (Wildman–Crippen MR) is 82.6 cm³/mol. The lowest BCUT2D eigenvalue weighted by Gasteiger charge is -2.01. The van der Waals surface area contributed by atoms with E-state index in [-0.39, 0.29) is 23.2 Å². The number of benzene rings is 1. The van der Waals surface area contributed by atoms with Crippen LogP contribution in [0.5, 0.6) is 0 Å². The van der Waals surface area contributed by atoms with Crippen LogP contribution in [0, 0.1) is 5.82 Å². The van der Waals surface area contributed by atoms with Gasteiger partial charge in [-0.15, -0.1) is 10.2 Å². The standard InChI is InChI=1S/C14H11BrFN5O/c15-4-3-8-1-2-9(10(16)5-8)13-20-21-14(22-13)11-6-19-12(17)7-18-11/h1-2,5-7H,3-4H2,(H2,17,19). The fourth-order valence-corrected chi connectivity index (χ4v) is 2.34. The predicted octanol–water partition coefficient (Wildman–Crippen LogP) is 2.85. The van der Waals surface area contributed by atoms with Gasteiger partial charge in [-0.1, -0.05) is 22.0 Å². The summed E-state index contributed by atoms with van der Waals surface area (Å²) in [6.07, 6.45) is 3.55. The summed E-state index contributed by atoms with van der Waals surface area (Å²) in [7, 11) is 0. The SMILES string of the molecule is Nc1cnc(-c2nnc(-c3ccc(CCBr)cc3F)o2)cn1. The molecule has 3 aromatic rings. The van der Waals surface area contributed by atoms with E-state index in [1.807, 2.05) is 6.07 Å². The molecule has 2 N–H and O–H groups in total. The third kappa shape index (κ3) is 2.96. The van der Waals surface area contributed by atoms with Gasteiger partial charge in [0.2, 0.25) is 0 Å². The summed E-state index contributed by atoms with van der Waals surface area (Å²) < 4.78 is 19.6. The van der Waals surface area contributed by atoms with Gasteiger partial charge in [-0.25, -0.2) is 14.4 Å². The van der Waals surface area contributed by atoms with Crippen LogP contribution < -0.4 is 5.73 Å². The van der Waals surface area contributed by atoms with Crippen LogP contribution in [0.1, 0.15) is 5.56 Å². The van der Waals surface area contributed by atoms with Crippen LogP contribution in [0.25, 0.3) is 23.0 Å². The minimum atomic E-state index is -0.406. The minimum absolute atomic E-state index is 0.0940. The summed E-state index contributed by atoms with van der Waals surface area (Å²) in [6.45, 7) is 0. The van der Waals surface area contributed by atoms with E-state index in [4.69, 9.17) is 10.2 Å². The Morgan fingerprint density at radius 1 is 1.14 bits per heavy atom. The van der Waals surface area contributed by atoms with Gasteiger partial charge < -0.3 is 10.2 Å². The third-order valence-electron chi connectivity index (χ3n) is 2.96. The number of nitrogens with zero attached hydrogens (tertiary/aromatic N) is 4. The van der Waals surface area contributed by atoms with Gasteiger partial charge in [0, 0.05) is 5.33 Å². The maximum Gasteiger partial charge on any atom is 0.268 e. The zero-order valence-corrected chi connectivity index (χ0v) is 12.9. The van der Waals surface area contributed by atoms with Crippen LogP contribution in [-0.2, 0) is 6.42 Å². The van der Waals surface area contributed by atoms with Gasteiger partial charge in [-0.2, -0.15) is 0 Å². The molecule has 6 nitrogen and oxygen atoms in total. The molecule has 2 aromatic heterocycles. The maximum absolute atomic E-state index is 14.1. The molecular weight excluding hydrogens is 353 g/mol. The van der Waals surface area contributed by atoms with Crippen LogP contribution >= 0.6 is 15.9 Å². The highest BCUT2D eigenvalue weighted by Gasteiger charge is 2.15. The summed E-state index contributed by atoms with van der Waals surface area (Å²) in [5.74, 6) is 0.136. The monoisotopic (exact) mass is 363 g/mol. The van der Waals surface area contributed by atoms with E-state index < -0.39 is 5.82 Å². The number of nitrogens with two attached hydrogens (primary N) is 1. The molecule has 22 heavy (non-hydrogen) atoms. The Balaban J connectivity index is 1.92. The molecule has 0 amide bonds. The first-order valence-electron chi connectivity index (χ1n) is 6.43. The summed E-state index contributed by atoms with van der Waals surface area (Å²) in [6, 6.07) is 4.91. The second kappa shape index (κ2) is 6.18. The minimum Gasteiger partial charge on any atom is -0.414 e. The van der Waals surface area contributed by atoms with Crippen molar-refractivity contribution in [3.63, 3.8) is 0 Å². The normalized spacial score (nSPS) is 10.8. The lowest BCUT2D eigenvalue weighted by atomic mass is 10.1. The number of rotatable bonds is 4. The summed E-state index contributed by atoms with van der Waals surface area (Å²) >= 11 is 3.32. The number of anilines is 1. The number of hydrogen-bond donors (Lipinski definition) is 1. The Bertz CT molecular complexity index is 790. The molecule has 0 aliphatic carbocycles. The molecule has 0 saturated carbocycles. The van der Waals surface area contributed by atoms with E-state index >= 15 is 0 Å². The molecule has 0 aliphatic heterocycles. The fourth-order valence-electron chi connectivity index (χ4n) is 1.88. The highest BCUT2D eigenvalue weighted by Crippen LogP contribution is 2.25. The van der Waals surface area contributed by atoms with E-state index in [0.29, 0.717) is 5.69 Å². The van der Waals surface area contributed by atoms with Crippen molar-refractivity contribution in [2.45, 2.75) is 6.42 Å². The first-order chi connectivity index (χ1) is 10.7. The highest BCUT2D eigenvalue weighted by atomic mass is 79.9. The zero-order chi connectivity index (χ0) is 15.5. The molecule has 3 rings (SSSR count). The fraction of sp³-hybridized carbons (Fsp3) is 0.143. The van der Waals surface area contributed by atoms with Gasteiger partial charge in [0.15, 0.2) is 0 Å². The number of aryl methyl sites for hydroxylation is 1. The zero-order valence-electron chi connectivity index (χ0n) is 11.3. The first-order valence-corrected chi connectivity index (χ1v) is 7.55. The lowest BCUT2D eigenvalue weighted by Crippen LogP contribution is -1.92. The van der Waals surface area contributed by atoms with Crippen molar-refractivity contribution in [1.29, 1.82) is 0 Å². The molecular formula is C14H11BrFN5O. The molecule has 0 bridgehead atoms. The van der Waals surface area contributed by atoms with Gasteiger partial charge in [0.05, 0.1) is 18.0 Å². The Kier molecular flexibility index (Phi) is 4.10. The number of aromatic nitrogens is 4. The largest absolute Gasteiger partial charge is 0.414 e. The average Bonchev–Trinajstić information content (AvgIpc) is 2.98. The second-order valence-electron chi connectivity index (χ2n) is 4.49. The van der Waals surface area contributed by atoms with E-state index in [1.54, 1.807) is 6.07 Å². The summed E-state index contributed by atoms with van der Waals surface area (Å²) in [4.78, 5) is 7.93. The second-order valence-corrected chi connectivity index (χ2v) is 5.29. The first kappa shape index (κ1) is 14.6. The van der Waals surface area contributed by atoms with Gasteiger partial charge >= 0.3 is 0 Å². The topological polar surface area (TPSA) is 90.7 Å². The van der Waals surface area contributed by atoms with Crippen molar-refractivity contribution in [3.05, 3.63) is 42.0 Å². The highest BCUT2D eigenvalue weighted by molar-refractivity contribution is 9.09. The molecule has 2 heterocycles. The van der Waals surface area contributed by atoms with Crippen LogP contribution in [0.4, 0.5) is 10.2 Å². The lowest BCUT2D eigenvalue weighted by molar-refractivity contribution is 0.568. The van der Waals surface area contributed by atoms with E-state index in [1.165, 1.54) is 18.5 Å². The molecule has 0 radical (unpaired) electrons. The molecule has 0 saturated heterocycles. The number of alkyl halides is 1. The molecule has 0 fully saturated rings. The van der Waals surface area contributed by atoms with E-state index in [0.717, 1.165) is 17.3 Å². The van der Waals surface area contributed by atoms with Gasteiger partial charge in [-0.3, -0.25) is 0 Å². The van der Waals surface area contributed by atoms with E-state index in [9.17, 15) is 4.39 Å². The molecule has 1 aromatic carbocycles. The molecule has 8 heteroatoms. The van der Waals surface area contributed by atoms with Crippen molar-refractivity contribution in [2.24, 2.45) is 0 Å². The summed E-state index contributed by atoms with van der Waals surface area (Å²) in [5.41, 5.74) is 6.99. The Morgan fingerprint density at radius 3 is 2.64 bits per heavy atom. The van der Waals surface area contributed by atoms with Gasteiger partial charge in [-0.05, 0) is 24.1 Å². The molecule has 0 spiro atoms. The van der Waals surface area contributed by atoms with Crippen molar-refractivity contribution < 1.29 is 8.81 Å². The number of nitrogen functional groups attached to an aromatic ring is 1. The van der Waals surface area contributed by atoms with E-state index in [2.05, 4.69) is 36.1 Å². The van der Waals surface area contributed by atoms with Gasteiger partial charge in [0.25, 0.3) is 11.8 Å².